The van der Waals surface area contributed by atoms with Crippen LogP contribution >= 0.6 is 0 Å². The van der Waals surface area contributed by atoms with Gasteiger partial charge in [0.25, 0.3) is 5.88 Å². The summed E-state index contributed by atoms with van der Waals surface area (Å²) in [6.45, 7) is 1.20. The second-order valence-electron chi connectivity index (χ2n) is 7.95. The van der Waals surface area contributed by atoms with E-state index in [1.54, 1.807) is 0 Å². The van der Waals surface area contributed by atoms with Crippen molar-refractivity contribution in [3.63, 3.8) is 0 Å². The van der Waals surface area contributed by atoms with Crippen molar-refractivity contribution in [1.82, 2.24) is 15.3 Å². The third-order valence-corrected chi connectivity index (χ3v) is 6.17. The van der Waals surface area contributed by atoms with Crippen LogP contribution in [0, 0.1) is 11.3 Å². The number of hydrogen-bond donors (Lipinski definition) is 1. The molecule has 0 unspecified atom stereocenters. The Bertz CT molecular complexity index is 898. The molecule has 1 aliphatic carbocycles. The summed E-state index contributed by atoms with van der Waals surface area (Å²) in [6, 6.07) is 12.2. The fourth-order valence-corrected chi connectivity index (χ4v) is 4.42. The topological polar surface area (TPSA) is 97.1 Å². The number of nitriles is 1. The van der Waals surface area contributed by atoms with Gasteiger partial charge in [-0.25, -0.2) is 9.97 Å². The maximum Gasteiger partial charge on any atom is 0.251 e. The highest BCUT2D eigenvalue weighted by Gasteiger charge is 2.42. The molecule has 1 amide bonds. The van der Waals surface area contributed by atoms with Gasteiger partial charge < -0.3 is 14.8 Å². The molecule has 156 valence electrons. The summed E-state index contributed by atoms with van der Waals surface area (Å²) in [6.07, 6.45) is 7.65. The van der Waals surface area contributed by atoms with Crippen molar-refractivity contribution in [1.29, 1.82) is 5.26 Å². The first-order chi connectivity index (χ1) is 14.7. The Kier molecular flexibility index (Phi) is 6.24. The van der Waals surface area contributed by atoms with E-state index < -0.39 is 5.41 Å². The number of rotatable bonds is 5. The molecule has 1 aliphatic heterocycles. The van der Waals surface area contributed by atoms with Gasteiger partial charge in [0.2, 0.25) is 11.6 Å². The summed E-state index contributed by atoms with van der Waals surface area (Å²) in [5, 5.41) is 12.4. The molecule has 1 aromatic heterocycles. The zero-order valence-electron chi connectivity index (χ0n) is 16.9. The Labute approximate surface area is 176 Å². The number of carbonyl (C=O) groups excluding carboxylic acids is 1. The molecule has 2 heterocycles. The zero-order chi connectivity index (χ0) is 20.8. The second-order valence-corrected chi connectivity index (χ2v) is 7.95. The molecular formula is C23H26N4O3. The molecular weight excluding hydrogens is 380 g/mol. The number of nitrogens with zero attached hydrogens (tertiary/aromatic N) is 3. The molecule has 2 aromatic rings. The Balaban J connectivity index is 1.37. The minimum atomic E-state index is -0.520. The van der Waals surface area contributed by atoms with Crippen molar-refractivity contribution in [2.75, 3.05) is 13.2 Å². The van der Waals surface area contributed by atoms with Crippen LogP contribution in [0.4, 0.5) is 0 Å². The van der Waals surface area contributed by atoms with E-state index >= 15 is 0 Å². The molecule has 1 saturated heterocycles. The Morgan fingerprint density at radius 2 is 1.80 bits per heavy atom. The molecule has 7 heteroatoms. The number of aromatic nitrogens is 2. The number of nitrogens with one attached hydrogen (secondary N) is 1. The SMILES string of the molecule is N#Cc1nccnc1OC1CCC(NC(=O)C2(c3ccccc3)CCOCC2)CC1. The molecule has 30 heavy (non-hydrogen) atoms. The number of benzene rings is 1. The van der Waals surface area contributed by atoms with Crippen LogP contribution in [0.3, 0.4) is 0 Å². The van der Waals surface area contributed by atoms with Gasteiger partial charge >= 0.3 is 0 Å². The lowest BCUT2D eigenvalue weighted by Gasteiger charge is -2.38. The summed E-state index contributed by atoms with van der Waals surface area (Å²) in [7, 11) is 0. The van der Waals surface area contributed by atoms with Crippen molar-refractivity contribution in [3.8, 4) is 11.9 Å². The van der Waals surface area contributed by atoms with Crippen LogP contribution in [0.15, 0.2) is 42.7 Å². The molecule has 0 bridgehead atoms. The third kappa shape index (κ3) is 4.29. The summed E-state index contributed by atoms with van der Waals surface area (Å²) in [5.41, 5.74) is 0.750. The molecule has 0 spiro atoms. The third-order valence-electron chi connectivity index (χ3n) is 6.17. The van der Waals surface area contributed by atoms with Gasteiger partial charge in [0, 0.05) is 31.6 Å². The first-order valence-corrected chi connectivity index (χ1v) is 10.5. The lowest BCUT2D eigenvalue weighted by molar-refractivity contribution is -0.131. The van der Waals surface area contributed by atoms with E-state index in [9.17, 15) is 4.79 Å². The van der Waals surface area contributed by atoms with Crippen molar-refractivity contribution in [2.45, 2.75) is 56.1 Å². The normalized spacial score (nSPS) is 23.2. The summed E-state index contributed by atoms with van der Waals surface area (Å²) >= 11 is 0. The van der Waals surface area contributed by atoms with E-state index in [2.05, 4.69) is 15.3 Å². The van der Waals surface area contributed by atoms with Crippen LogP contribution in [-0.2, 0) is 14.9 Å². The number of hydrogen-bond acceptors (Lipinski definition) is 6. The maximum atomic E-state index is 13.4. The Morgan fingerprint density at radius 1 is 1.10 bits per heavy atom. The van der Waals surface area contributed by atoms with Gasteiger partial charge in [-0.2, -0.15) is 5.26 Å². The maximum absolute atomic E-state index is 13.4. The van der Waals surface area contributed by atoms with Crippen LogP contribution in [0.5, 0.6) is 5.88 Å². The Morgan fingerprint density at radius 3 is 2.50 bits per heavy atom. The van der Waals surface area contributed by atoms with Crippen LogP contribution in [-0.4, -0.2) is 41.2 Å². The van der Waals surface area contributed by atoms with Gasteiger partial charge in [0.05, 0.1) is 5.41 Å². The standard InChI is InChI=1S/C23H26N4O3/c24-16-20-21(26-13-12-25-20)30-19-8-6-18(7-9-19)27-22(28)23(10-14-29-15-11-23)17-4-2-1-3-5-17/h1-5,12-13,18-19H,6-11,14-15H2,(H,27,28). The molecule has 0 atom stereocenters. The predicted molar refractivity (Wildman–Crippen MR) is 110 cm³/mol. The molecule has 2 fully saturated rings. The first kappa shape index (κ1) is 20.3. The molecule has 1 aromatic carbocycles. The van der Waals surface area contributed by atoms with E-state index in [0.717, 1.165) is 31.2 Å². The quantitative estimate of drug-likeness (QED) is 0.820. The molecule has 0 radical (unpaired) electrons. The van der Waals surface area contributed by atoms with E-state index in [1.165, 1.54) is 12.4 Å². The number of carbonyl (C=O) groups is 1. The van der Waals surface area contributed by atoms with E-state index in [0.29, 0.717) is 26.1 Å². The molecule has 1 N–H and O–H groups in total. The number of ether oxygens (including phenoxy) is 2. The minimum Gasteiger partial charge on any atom is -0.472 e. The van der Waals surface area contributed by atoms with Gasteiger partial charge in [0.15, 0.2) is 0 Å². The largest absolute Gasteiger partial charge is 0.472 e. The summed E-state index contributed by atoms with van der Waals surface area (Å²) in [4.78, 5) is 21.5. The van der Waals surface area contributed by atoms with Crippen LogP contribution in [0.1, 0.15) is 49.8 Å². The highest BCUT2D eigenvalue weighted by atomic mass is 16.5. The first-order valence-electron chi connectivity index (χ1n) is 10.5. The lowest BCUT2D eigenvalue weighted by atomic mass is 9.73. The fourth-order valence-electron chi connectivity index (χ4n) is 4.42. The van der Waals surface area contributed by atoms with Gasteiger partial charge in [-0.05, 0) is 44.1 Å². The van der Waals surface area contributed by atoms with Gasteiger partial charge in [-0.1, -0.05) is 30.3 Å². The van der Waals surface area contributed by atoms with Crippen molar-refractivity contribution < 1.29 is 14.3 Å². The molecule has 1 saturated carbocycles. The van der Waals surface area contributed by atoms with Gasteiger partial charge in [-0.3, -0.25) is 4.79 Å². The van der Waals surface area contributed by atoms with Crippen molar-refractivity contribution in [3.05, 3.63) is 54.0 Å². The van der Waals surface area contributed by atoms with Crippen molar-refractivity contribution >= 4 is 5.91 Å². The summed E-state index contributed by atoms with van der Waals surface area (Å²) < 4.78 is 11.5. The average molecular weight is 406 g/mol. The molecule has 7 nitrogen and oxygen atoms in total. The molecule has 2 aliphatic rings. The lowest BCUT2D eigenvalue weighted by Crippen LogP contribution is -2.52. The van der Waals surface area contributed by atoms with E-state index in [-0.39, 0.29) is 29.6 Å². The van der Waals surface area contributed by atoms with Gasteiger partial charge in [0.1, 0.15) is 12.2 Å². The minimum absolute atomic E-state index is 0.0203. The number of amides is 1. The fraction of sp³-hybridized carbons (Fsp3) is 0.478. The van der Waals surface area contributed by atoms with E-state index in [4.69, 9.17) is 14.7 Å². The van der Waals surface area contributed by atoms with Crippen LogP contribution in [0.2, 0.25) is 0 Å². The van der Waals surface area contributed by atoms with Gasteiger partial charge in [-0.15, -0.1) is 0 Å². The van der Waals surface area contributed by atoms with Crippen LogP contribution < -0.4 is 10.1 Å². The molecule has 4 rings (SSSR count). The smallest absolute Gasteiger partial charge is 0.251 e. The van der Waals surface area contributed by atoms with E-state index in [1.807, 2.05) is 36.4 Å². The average Bonchev–Trinajstić information content (AvgIpc) is 2.81. The second kappa shape index (κ2) is 9.23. The predicted octanol–water partition coefficient (Wildman–Crippen LogP) is 2.90. The highest BCUT2D eigenvalue weighted by molar-refractivity contribution is 5.88. The Hall–Kier alpha value is -2.98. The highest BCUT2D eigenvalue weighted by Crippen LogP contribution is 2.36. The zero-order valence-corrected chi connectivity index (χ0v) is 16.9. The summed E-state index contributed by atoms with van der Waals surface area (Å²) in [5.74, 6) is 0.389. The monoisotopic (exact) mass is 406 g/mol. The van der Waals surface area contributed by atoms with Crippen LogP contribution in [0.25, 0.3) is 0 Å². The van der Waals surface area contributed by atoms with Crippen molar-refractivity contribution in [2.24, 2.45) is 0 Å².